The number of aromatic amines is 1. The molecular formula is C16H16N4O4S. The summed E-state index contributed by atoms with van der Waals surface area (Å²) in [5, 5.41) is 0.468. The fourth-order valence-electron chi connectivity index (χ4n) is 2.42. The molecule has 130 valence electrons. The summed E-state index contributed by atoms with van der Waals surface area (Å²) in [5.74, 6) is -0.341. The van der Waals surface area contributed by atoms with E-state index in [-0.39, 0.29) is 11.4 Å². The molecule has 0 amide bonds. The number of hydrogen-bond donors (Lipinski definition) is 1. The van der Waals surface area contributed by atoms with E-state index >= 15 is 0 Å². The Labute approximate surface area is 146 Å². The van der Waals surface area contributed by atoms with Gasteiger partial charge in [-0.3, -0.25) is 19.1 Å². The van der Waals surface area contributed by atoms with Gasteiger partial charge >= 0.3 is 11.7 Å². The van der Waals surface area contributed by atoms with Gasteiger partial charge in [-0.15, -0.1) is 0 Å². The third-order valence-electron chi connectivity index (χ3n) is 3.70. The van der Waals surface area contributed by atoms with Gasteiger partial charge in [0.1, 0.15) is 0 Å². The second-order valence-electron chi connectivity index (χ2n) is 5.32. The largest absolute Gasteiger partial charge is 0.468 e. The van der Waals surface area contributed by atoms with E-state index < -0.39 is 17.2 Å². The van der Waals surface area contributed by atoms with Gasteiger partial charge in [0.15, 0.2) is 16.3 Å². The van der Waals surface area contributed by atoms with Crippen LogP contribution in [0.2, 0.25) is 0 Å². The van der Waals surface area contributed by atoms with Crippen molar-refractivity contribution in [2.45, 2.75) is 11.7 Å². The number of aromatic nitrogens is 4. The maximum absolute atomic E-state index is 12.3. The number of methoxy groups -OCH3 is 1. The number of imidazole rings is 1. The molecule has 3 rings (SSSR count). The number of esters is 1. The van der Waals surface area contributed by atoms with E-state index in [4.69, 9.17) is 0 Å². The smallest absolute Gasteiger partial charge is 0.329 e. The normalized spacial score (nSPS) is 11.0. The summed E-state index contributed by atoms with van der Waals surface area (Å²) in [4.78, 5) is 42.3. The Hall–Kier alpha value is -2.81. The monoisotopic (exact) mass is 360 g/mol. The first-order valence-corrected chi connectivity index (χ1v) is 8.43. The average Bonchev–Trinajstić information content (AvgIpc) is 2.97. The summed E-state index contributed by atoms with van der Waals surface area (Å²) in [6, 6.07) is 9.55. The van der Waals surface area contributed by atoms with Crippen LogP contribution in [0.15, 0.2) is 45.1 Å². The van der Waals surface area contributed by atoms with E-state index in [0.717, 1.165) is 17.3 Å². The highest BCUT2D eigenvalue weighted by atomic mass is 32.2. The number of hydrogen-bond acceptors (Lipinski definition) is 6. The van der Waals surface area contributed by atoms with Crippen molar-refractivity contribution in [3.63, 3.8) is 0 Å². The standard InChI is InChI=1S/C16H16N4O4S/c1-19-13-12(14(22)18-15(19)23)20(8-10-6-4-3-5-7-10)16(17-13)25-9-11(21)24-2/h3-7H,8-9H2,1-2H3,(H,18,22,23). The second-order valence-corrected chi connectivity index (χ2v) is 6.26. The number of thioether (sulfide) groups is 1. The lowest BCUT2D eigenvalue weighted by molar-refractivity contribution is -0.137. The Kier molecular flexibility index (Phi) is 4.75. The van der Waals surface area contributed by atoms with Gasteiger partial charge in [-0.25, -0.2) is 9.78 Å². The average molecular weight is 360 g/mol. The Morgan fingerprint density at radius 1 is 1.28 bits per heavy atom. The van der Waals surface area contributed by atoms with Crippen LogP contribution >= 0.6 is 11.8 Å². The molecule has 25 heavy (non-hydrogen) atoms. The van der Waals surface area contributed by atoms with Crippen LogP contribution in [0.1, 0.15) is 5.56 Å². The molecule has 0 aliphatic heterocycles. The fraction of sp³-hybridized carbons (Fsp3) is 0.250. The first-order valence-electron chi connectivity index (χ1n) is 7.44. The molecule has 0 aliphatic rings. The molecule has 2 aromatic heterocycles. The Balaban J connectivity index is 2.15. The topological polar surface area (TPSA) is 99.0 Å². The van der Waals surface area contributed by atoms with Crippen LogP contribution in [0.25, 0.3) is 11.2 Å². The van der Waals surface area contributed by atoms with Gasteiger partial charge in [-0.2, -0.15) is 0 Å². The minimum Gasteiger partial charge on any atom is -0.468 e. The Morgan fingerprint density at radius 2 is 2.00 bits per heavy atom. The molecule has 1 N–H and O–H groups in total. The Bertz CT molecular complexity index is 1040. The zero-order valence-electron chi connectivity index (χ0n) is 13.7. The molecule has 1 aromatic carbocycles. The number of rotatable bonds is 5. The van der Waals surface area contributed by atoms with Crippen LogP contribution in [0.3, 0.4) is 0 Å². The number of nitrogens with one attached hydrogen (secondary N) is 1. The highest BCUT2D eigenvalue weighted by molar-refractivity contribution is 7.99. The molecule has 0 fully saturated rings. The number of carbonyl (C=O) groups excluding carboxylic acids is 1. The molecule has 3 aromatic rings. The Morgan fingerprint density at radius 3 is 2.68 bits per heavy atom. The zero-order chi connectivity index (χ0) is 18.0. The highest BCUT2D eigenvalue weighted by Gasteiger charge is 2.18. The van der Waals surface area contributed by atoms with Gasteiger partial charge in [-0.05, 0) is 5.56 Å². The second kappa shape index (κ2) is 6.98. The van der Waals surface area contributed by atoms with Gasteiger partial charge in [0, 0.05) is 7.05 Å². The molecule has 0 atom stereocenters. The SMILES string of the molecule is COC(=O)CSc1nc2c(c(=O)[nH]c(=O)n2C)n1Cc1ccccc1. The predicted molar refractivity (Wildman–Crippen MR) is 93.9 cm³/mol. The number of carbonyl (C=O) groups is 1. The summed E-state index contributed by atoms with van der Waals surface area (Å²) >= 11 is 1.16. The van der Waals surface area contributed by atoms with Crippen LogP contribution in [0, 0.1) is 0 Å². The number of benzene rings is 1. The van der Waals surface area contributed by atoms with Crippen LogP contribution < -0.4 is 11.2 Å². The summed E-state index contributed by atoms with van der Waals surface area (Å²) in [5.41, 5.74) is 0.489. The first kappa shape index (κ1) is 17.0. The molecule has 0 saturated carbocycles. The van der Waals surface area contributed by atoms with Crippen molar-refractivity contribution >= 4 is 28.9 Å². The lowest BCUT2D eigenvalue weighted by atomic mass is 10.2. The van der Waals surface area contributed by atoms with Gasteiger partial charge in [0.05, 0.1) is 19.4 Å². The van der Waals surface area contributed by atoms with Crippen molar-refractivity contribution in [3.8, 4) is 0 Å². The maximum Gasteiger partial charge on any atom is 0.329 e. The number of fused-ring (bicyclic) bond motifs is 1. The summed E-state index contributed by atoms with van der Waals surface area (Å²) in [6.07, 6.45) is 0. The molecular weight excluding hydrogens is 344 g/mol. The van der Waals surface area contributed by atoms with Crippen molar-refractivity contribution in [2.24, 2.45) is 7.05 Å². The number of nitrogens with zero attached hydrogens (tertiary/aromatic N) is 3. The zero-order valence-corrected chi connectivity index (χ0v) is 14.5. The lowest BCUT2D eigenvalue weighted by Crippen LogP contribution is -2.29. The molecule has 0 aliphatic carbocycles. The lowest BCUT2D eigenvalue weighted by Gasteiger charge is -2.08. The first-order chi connectivity index (χ1) is 12.0. The highest BCUT2D eigenvalue weighted by Crippen LogP contribution is 2.22. The minimum absolute atomic E-state index is 0.0560. The van der Waals surface area contributed by atoms with Gasteiger partial charge in [-0.1, -0.05) is 42.1 Å². The van der Waals surface area contributed by atoms with Crippen LogP contribution in [0.4, 0.5) is 0 Å². The van der Waals surface area contributed by atoms with E-state index in [0.29, 0.717) is 17.2 Å². The van der Waals surface area contributed by atoms with Crippen molar-refractivity contribution in [1.29, 1.82) is 0 Å². The molecule has 0 unspecified atom stereocenters. The van der Waals surface area contributed by atoms with E-state index in [2.05, 4.69) is 14.7 Å². The molecule has 2 heterocycles. The van der Waals surface area contributed by atoms with E-state index in [1.165, 1.54) is 18.7 Å². The molecule has 8 nitrogen and oxygen atoms in total. The van der Waals surface area contributed by atoms with E-state index in [9.17, 15) is 14.4 Å². The van der Waals surface area contributed by atoms with Gasteiger partial charge < -0.3 is 9.30 Å². The number of ether oxygens (including phenoxy) is 1. The summed E-state index contributed by atoms with van der Waals surface area (Å²) in [7, 11) is 2.85. The number of aryl methyl sites for hydroxylation is 1. The van der Waals surface area contributed by atoms with Crippen LogP contribution in [-0.2, 0) is 23.1 Å². The molecule has 0 saturated heterocycles. The molecule has 9 heteroatoms. The molecule has 0 bridgehead atoms. The van der Waals surface area contributed by atoms with Crippen molar-refractivity contribution in [2.75, 3.05) is 12.9 Å². The third kappa shape index (κ3) is 3.36. The van der Waals surface area contributed by atoms with E-state index in [1.54, 1.807) is 4.57 Å². The van der Waals surface area contributed by atoms with Crippen molar-refractivity contribution in [3.05, 3.63) is 56.7 Å². The molecule has 0 spiro atoms. The third-order valence-corrected chi connectivity index (χ3v) is 4.65. The fourth-order valence-corrected chi connectivity index (χ4v) is 3.25. The molecule has 0 radical (unpaired) electrons. The van der Waals surface area contributed by atoms with Crippen LogP contribution in [0.5, 0.6) is 0 Å². The number of H-pyrrole nitrogens is 1. The maximum atomic E-state index is 12.3. The predicted octanol–water partition coefficient (Wildman–Crippen LogP) is 0.737. The van der Waals surface area contributed by atoms with Crippen molar-refractivity contribution < 1.29 is 9.53 Å². The van der Waals surface area contributed by atoms with Crippen LogP contribution in [-0.4, -0.2) is 37.9 Å². The summed E-state index contributed by atoms with van der Waals surface area (Å²) in [6.45, 7) is 0.391. The van der Waals surface area contributed by atoms with Crippen molar-refractivity contribution in [1.82, 2.24) is 19.1 Å². The minimum atomic E-state index is -0.536. The van der Waals surface area contributed by atoms with Gasteiger partial charge in [0.25, 0.3) is 5.56 Å². The summed E-state index contributed by atoms with van der Waals surface area (Å²) < 4.78 is 7.63. The van der Waals surface area contributed by atoms with Gasteiger partial charge in [0.2, 0.25) is 0 Å². The quantitative estimate of drug-likeness (QED) is 0.532. The van der Waals surface area contributed by atoms with E-state index in [1.807, 2.05) is 30.3 Å².